The van der Waals surface area contributed by atoms with E-state index in [1.54, 1.807) is 0 Å². The van der Waals surface area contributed by atoms with Gasteiger partial charge in [-0.15, -0.1) is 0 Å². The largest absolute Gasteiger partial charge is 0.407 e. The van der Waals surface area contributed by atoms with Gasteiger partial charge >= 0.3 is 0 Å². The molecule has 0 aliphatic heterocycles. The molecule has 0 unspecified atom stereocenters. The van der Waals surface area contributed by atoms with E-state index in [0.29, 0.717) is 13.0 Å². The molecule has 1 atom stereocenters. The van der Waals surface area contributed by atoms with Crippen LogP contribution in [0.1, 0.15) is 48.0 Å². The zero-order valence-corrected chi connectivity index (χ0v) is 22.2. The minimum absolute atomic E-state index is 0.0675. The number of carbonyl (C=O) groups is 1. The van der Waals surface area contributed by atoms with Crippen LogP contribution in [0.15, 0.2) is 60.7 Å². The molecule has 0 saturated heterocycles. The molecule has 0 saturated carbocycles. The molecular formula is C26H40O3Si2. The lowest BCUT2D eigenvalue weighted by atomic mass is 10.2. The molecule has 5 heteroatoms. The van der Waals surface area contributed by atoms with Crippen LogP contribution in [-0.2, 0) is 13.6 Å². The Hall–Kier alpha value is -1.54. The standard InChI is InChI=1S/C26H40O3Si2/c1-7-30(8-2,9-3)29-23(22-27)20-21-28-31(26(4,5)6,24-16-12-10-13-17-24)25-18-14-11-15-19-25/h10-19,22-23H,7-9,20-21H2,1-6H3/t23-/m0/s1. The van der Waals surface area contributed by atoms with Gasteiger partial charge in [0, 0.05) is 13.0 Å². The molecule has 0 radical (unpaired) electrons. The third-order valence-electron chi connectivity index (χ3n) is 6.62. The van der Waals surface area contributed by atoms with Crippen LogP contribution in [-0.4, -0.2) is 35.6 Å². The summed E-state index contributed by atoms with van der Waals surface area (Å²) in [6.45, 7) is 13.9. The first kappa shape index (κ1) is 25.7. The second-order valence-corrected chi connectivity index (χ2v) is 18.4. The fourth-order valence-corrected chi connectivity index (χ4v) is 12.0. The Balaban J connectivity index is 2.34. The SMILES string of the molecule is CC[Si](CC)(CC)O[C@H](C=O)CCO[Si](c1ccccc1)(c1ccccc1)C(C)(C)C. The van der Waals surface area contributed by atoms with Crippen molar-refractivity contribution in [2.24, 2.45) is 0 Å². The summed E-state index contributed by atoms with van der Waals surface area (Å²) in [5.74, 6) is 0. The van der Waals surface area contributed by atoms with E-state index in [0.717, 1.165) is 24.4 Å². The molecule has 170 valence electrons. The maximum Gasteiger partial charge on any atom is 0.261 e. The van der Waals surface area contributed by atoms with Crippen LogP contribution in [0.3, 0.4) is 0 Å². The van der Waals surface area contributed by atoms with Gasteiger partial charge in [0.1, 0.15) is 12.4 Å². The number of hydrogen-bond donors (Lipinski definition) is 0. The molecule has 0 spiro atoms. The average Bonchev–Trinajstić information content (AvgIpc) is 2.79. The van der Waals surface area contributed by atoms with Gasteiger partial charge in [-0.1, -0.05) is 102 Å². The number of hydrogen-bond acceptors (Lipinski definition) is 3. The van der Waals surface area contributed by atoms with Crippen LogP contribution in [0.25, 0.3) is 0 Å². The maximum absolute atomic E-state index is 11.9. The molecule has 0 N–H and O–H groups in total. The molecule has 2 rings (SSSR count). The van der Waals surface area contributed by atoms with Gasteiger partial charge in [0.2, 0.25) is 0 Å². The summed E-state index contributed by atoms with van der Waals surface area (Å²) in [5, 5.41) is 2.45. The molecule has 0 fully saturated rings. The van der Waals surface area contributed by atoms with E-state index < -0.39 is 16.6 Å². The summed E-state index contributed by atoms with van der Waals surface area (Å²) >= 11 is 0. The zero-order chi connectivity index (χ0) is 23.0. The fraction of sp³-hybridized carbons (Fsp3) is 0.500. The van der Waals surface area contributed by atoms with Gasteiger partial charge in [-0.05, 0) is 33.5 Å². The van der Waals surface area contributed by atoms with E-state index in [1.807, 2.05) is 0 Å². The minimum Gasteiger partial charge on any atom is -0.407 e. The Bertz CT molecular complexity index is 736. The molecule has 2 aromatic carbocycles. The molecule has 31 heavy (non-hydrogen) atoms. The molecule has 0 heterocycles. The second kappa shape index (κ2) is 11.4. The first-order valence-corrected chi connectivity index (χ1v) is 16.1. The van der Waals surface area contributed by atoms with E-state index in [9.17, 15) is 4.79 Å². The summed E-state index contributed by atoms with van der Waals surface area (Å²) in [5.41, 5.74) is 0. The third-order valence-corrected chi connectivity index (χ3v) is 16.3. The lowest BCUT2D eigenvalue weighted by Crippen LogP contribution is -2.66. The van der Waals surface area contributed by atoms with Crippen LogP contribution in [0.4, 0.5) is 0 Å². The Morgan fingerprint density at radius 2 is 1.29 bits per heavy atom. The zero-order valence-electron chi connectivity index (χ0n) is 20.2. The first-order valence-electron chi connectivity index (χ1n) is 11.7. The molecule has 3 nitrogen and oxygen atoms in total. The first-order chi connectivity index (χ1) is 14.8. The van der Waals surface area contributed by atoms with Crippen LogP contribution in [0, 0.1) is 0 Å². The summed E-state index contributed by atoms with van der Waals surface area (Å²) in [6, 6.07) is 24.4. The van der Waals surface area contributed by atoms with E-state index in [2.05, 4.69) is 102 Å². The van der Waals surface area contributed by atoms with Crippen molar-refractivity contribution in [1.82, 2.24) is 0 Å². The number of carbonyl (C=O) groups excluding carboxylic acids is 1. The highest BCUT2D eigenvalue weighted by Crippen LogP contribution is 2.37. The van der Waals surface area contributed by atoms with Crippen molar-refractivity contribution in [1.29, 1.82) is 0 Å². The van der Waals surface area contributed by atoms with Gasteiger partial charge < -0.3 is 13.6 Å². The van der Waals surface area contributed by atoms with Crippen LogP contribution < -0.4 is 10.4 Å². The van der Waals surface area contributed by atoms with Gasteiger partial charge in [-0.25, -0.2) is 0 Å². The van der Waals surface area contributed by atoms with Crippen molar-refractivity contribution in [3.05, 3.63) is 60.7 Å². The summed E-state index contributed by atoms with van der Waals surface area (Å²) in [4.78, 5) is 11.9. The second-order valence-electron chi connectivity index (χ2n) is 9.34. The monoisotopic (exact) mass is 456 g/mol. The predicted molar refractivity (Wildman–Crippen MR) is 136 cm³/mol. The normalized spacial score (nSPS) is 13.7. The van der Waals surface area contributed by atoms with Crippen LogP contribution in [0.2, 0.25) is 23.2 Å². The Morgan fingerprint density at radius 3 is 1.65 bits per heavy atom. The molecule has 0 bridgehead atoms. The molecule has 0 amide bonds. The Morgan fingerprint density at radius 1 is 0.839 bits per heavy atom. The molecule has 0 aliphatic carbocycles. The summed E-state index contributed by atoms with van der Waals surface area (Å²) < 4.78 is 13.4. The van der Waals surface area contributed by atoms with E-state index in [1.165, 1.54) is 10.4 Å². The fourth-order valence-electron chi connectivity index (χ4n) is 4.57. The molecule has 2 aromatic rings. The van der Waals surface area contributed by atoms with E-state index in [-0.39, 0.29) is 11.1 Å². The van der Waals surface area contributed by atoms with Crippen molar-refractivity contribution >= 4 is 33.3 Å². The number of aldehydes is 1. The lowest BCUT2D eigenvalue weighted by Gasteiger charge is -2.43. The molecular weight excluding hydrogens is 416 g/mol. The summed E-state index contributed by atoms with van der Waals surface area (Å²) in [6.07, 6.45) is 1.20. The average molecular weight is 457 g/mol. The van der Waals surface area contributed by atoms with Gasteiger partial charge in [0.25, 0.3) is 8.32 Å². The third kappa shape index (κ3) is 5.83. The highest BCUT2D eigenvalue weighted by Gasteiger charge is 2.50. The van der Waals surface area contributed by atoms with Crippen molar-refractivity contribution < 1.29 is 13.6 Å². The highest BCUT2D eigenvalue weighted by molar-refractivity contribution is 6.99. The van der Waals surface area contributed by atoms with Crippen molar-refractivity contribution in [2.75, 3.05) is 6.61 Å². The van der Waals surface area contributed by atoms with Crippen molar-refractivity contribution in [3.8, 4) is 0 Å². The highest BCUT2D eigenvalue weighted by atomic mass is 28.4. The van der Waals surface area contributed by atoms with E-state index in [4.69, 9.17) is 8.85 Å². The molecule has 0 aliphatic rings. The summed E-state index contributed by atoms with van der Waals surface area (Å²) in [7, 11) is -4.41. The van der Waals surface area contributed by atoms with E-state index >= 15 is 0 Å². The van der Waals surface area contributed by atoms with Gasteiger partial charge in [0.15, 0.2) is 8.32 Å². The van der Waals surface area contributed by atoms with Gasteiger partial charge in [0.05, 0.1) is 0 Å². The van der Waals surface area contributed by atoms with Crippen molar-refractivity contribution in [3.63, 3.8) is 0 Å². The number of benzene rings is 2. The number of rotatable bonds is 12. The van der Waals surface area contributed by atoms with Gasteiger partial charge in [-0.2, -0.15) is 0 Å². The Kier molecular flexibility index (Phi) is 9.43. The quantitative estimate of drug-likeness (QED) is 0.311. The van der Waals surface area contributed by atoms with Crippen LogP contribution >= 0.6 is 0 Å². The lowest BCUT2D eigenvalue weighted by molar-refractivity contribution is -0.114. The smallest absolute Gasteiger partial charge is 0.261 e. The van der Waals surface area contributed by atoms with Crippen molar-refractivity contribution in [2.45, 2.75) is 77.2 Å². The minimum atomic E-state index is -2.57. The van der Waals surface area contributed by atoms with Gasteiger partial charge in [-0.3, -0.25) is 0 Å². The molecule has 0 aromatic heterocycles. The van der Waals surface area contributed by atoms with Crippen LogP contribution in [0.5, 0.6) is 0 Å². The Labute approximate surface area is 191 Å². The predicted octanol–water partition coefficient (Wildman–Crippen LogP) is 5.54. The topological polar surface area (TPSA) is 35.5 Å². The maximum atomic E-state index is 11.9.